The molecule has 1 aromatic carbocycles. The van der Waals surface area contributed by atoms with Gasteiger partial charge in [0.1, 0.15) is 12.4 Å². The summed E-state index contributed by atoms with van der Waals surface area (Å²) in [5.74, 6) is 1.73. The van der Waals surface area contributed by atoms with Gasteiger partial charge in [0.15, 0.2) is 5.90 Å². The number of rotatable bonds is 5. The van der Waals surface area contributed by atoms with Crippen LogP contribution in [0.5, 0.6) is 5.75 Å². The second kappa shape index (κ2) is 6.16. The van der Waals surface area contributed by atoms with Gasteiger partial charge in [0.25, 0.3) is 0 Å². The van der Waals surface area contributed by atoms with Gasteiger partial charge in [-0.1, -0.05) is 20.8 Å². The molecule has 1 aliphatic heterocycles. The first-order valence-corrected chi connectivity index (χ1v) is 7.06. The molecule has 20 heavy (non-hydrogen) atoms. The number of benzene rings is 1. The van der Waals surface area contributed by atoms with Gasteiger partial charge in [-0.25, -0.2) is 0 Å². The Morgan fingerprint density at radius 1 is 1.30 bits per heavy atom. The number of methoxy groups -OCH3 is 1. The van der Waals surface area contributed by atoms with Gasteiger partial charge in [-0.05, 0) is 29.7 Å². The minimum atomic E-state index is 0.119. The maximum Gasteiger partial charge on any atom is 0.185 e. The molecule has 2 rings (SSSR count). The van der Waals surface area contributed by atoms with E-state index in [1.54, 1.807) is 7.11 Å². The van der Waals surface area contributed by atoms with E-state index in [1.165, 1.54) is 0 Å². The van der Waals surface area contributed by atoms with E-state index in [1.807, 2.05) is 24.3 Å². The van der Waals surface area contributed by atoms with Crippen molar-refractivity contribution >= 4 is 11.6 Å². The number of ether oxygens (including phenoxy) is 2. The van der Waals surface area contributed by atoms with Gasteiger partial charge in [-0.3, -0.25) is 4.99 Å². The summed E-state index contributed by atoms with van der Waals surface area (Å²) in [6, 6.07) is 8.27. The minimum Gasteiger partial charge on any atom is -0.497 e. The maximum absolute atomic E-state index is 5.54. The number of nitrogens with zero attached hydrogens (tertiary/aromatic N) is 1. The molecular weight excluding hydrogens is 252 g/mol. The molecule has 0 amide bonds. The van der Waals surface area contributed by atoms with Crippen molar-refractivity contribution in [3.63, 3.8) is 0 Å². The molecule has 1 N–H and O–H groups in total. The highest BCUT2D eigenvalue weighted by Crippen LogP contribution is 2.27. The standard InChI is InChI=1S/C16H24N2O2/c1-16(2,3)14(11-15-17-9-10-20-15)18-12-5-7-13(19-4)8-6-12/h5-8,14,18H,9-11H2,1-4H3. The summed E-state index contributed by atoms with van der Waals surface area (Å²) in [4.78, 5) is 4.39. The molecule has 1 heterocycles. The number of hydrogen-bond acceptors (Lipinski definition) is 4. The van der Waals surface area contributed by atoms with E-state index in [4.69, 9.17) is 9.47 Å². The van der Waals surface area contributed by atoms with Crippen molar-refractivity contribution in [2.75, 3.05) is 25.6 Å². The Morgan fingerprint density at radius 3 is 2.50 bits per heavy atom. The van der Waals surface area contributed by atoms with Gasteiger partial charge in [0.2, 0.25) is 0 Å². The molecule has 1 atom stereocenters. The molecule has 0 aromatic heterocycles. The van der Waals surface area contributed by atoms with Crippen molar-refractivity contribution < 1.29 is 9.47 Å². The van der Waals surface area contributed by atoms with Crippen LogP contribution in [0.3, 0.4) is 0 Å². The number of hydrogen-bond donors (Lipinski definition) is 1. The van der Waals surface area contributed by atoms with Crippen LogP contribution in [0.2, 0.25) is 0 Å². The lowest BCUT2D eigenvalue weighted by Gasteiger charge is -2.32. The Balaban J connectivity index is 2.06. The number of nitrogens with one attached hydrogen (secondary N) is 1. The zero-order valence-electron chi connectivity index (χ0n) is 12.8. The summed E-state index contributed by atoms with van der Waals surface area (Å²) in [6.45, 7) is 8.18. The Labute approximate surface area is 121 Å². The van der Waals surface area contributed by atoms with Crippen molar-refractivity contribution in [3.8, 4) is 5.75 Å². The molecule has 1 unspecified atom stereocenters. The average molecular weight is 276 g/mol. The predicted octanol–water partition coefficient (Wildman–Crippen LogP) is 3.34. The van der Waals surface area contributed by atoms with Crippen LogP contribution < -0.4 is 10.1 Å². The van der Waals surface area contributed by atoms with Gasteiger partial charge < -0.3 is 14.8 Å². The van der Waals surface area contributed by atoms with Crippen LogP contribution in [-0.4, -0.2) is 32.2 Å². The van der Waals surface area contributed by atoms with Crippen LogP contribution in [0.25, 0.3) is 0 Å². The predicted molar refractivity (Wildman–Crippen MR) is 82.7 cm³/mol. The van der Waals surface area contributed by atoms with Crippen LogP contribution in [0, 0.1) is 5.41 Å². The topological polar surface area (TPSA) is 42.8 Å². The average Bonchev–Trinajstić information content (AvgIpc) is 2.91. The fourth-order valence-electron chi connectivity index (χ4n) is 2.14. The largest absolute Gasteiger partial charge is 0.497 e. The second-order valence-electron chi connectivity index (χ2n) is 6.12. The van der Waals surface area contributed by atoms with Gasteiger partial charge in [0, 0.05) is 18.2 Å². The lowest BCUT2D eigenvalue weighted by molar-refractivity contribution is 0.304. The fraction of sp³-hybridized carbons (Fsp3) is 0.562. The van der Waals surface area contributed by atoms with E-state index in [0.29, 0.717) is 6.61 Å². The second-order valence-corrected chi connectivity index (χ2v) is 6.12. The highest BCUT2D eigenvalue weighted by atomic mass is 16.5. The third kappa shape index (κ3) is 3.89. The molecule has 1 aliphatic rings. The quantitative estimate of drug-likeness (QED) is 0.897. The maximum atomic E-state index is 5.54. The molecule has 0 bridgehead atoms. The van der Waals surface area contributed by atoms with Crippen LogP contribution in [0.4, 0.5) is 5.69 Å². The molecule has 4 nitrogen and oxygen atoms in total. The van der Waals surface area contributed by atoms with E-state index in [2.05, 4.69) is 31.1 Å². The Kier molecular flexibility index (Phi) is 4.53. The summed E-state index contributed by atoms with van der Waals surface area (Å²) in [6.07, 6.45) is 0.815. The minimum absolute atomic E-state index is 0.119. The number of aliphatic imine (C=N–C) groups is 1. The fourth-order valence-corrected chi connectivity index (χ4v) is 2.14. The van der Waals surface area contributed by atoms with Crippen LogP contribution in [0.1, 0.15) is 27.2 Å². The summed E-state index contributed by atoms with van der Waals surface area (Å²) < 4.78 is 10.7. The highest BCUT2D eigenvalue weighted by molar-refractivity contribution is 5.78. The van der Waals surface area contributed by atoms with Gasteiger partial charge >= 0.3 is 0 Å². The van der Waals surface area contributed by atoms with Crippen LogP contribution >= 0.6 is 0 Å². The van der Waals surface area contributed by atoms with Crippen LogP contribution in [-0.2, 0) is 4.74 Å². The molecule has 1 aromatic rings. The molecule has 0 spiro atoms. The Morgan fingerprint density at radius 2 is 2.00 bits per heavy atom. The lowest BCUT2D eigenvalue weighted by Crippen LogP contribution is -2.36. The van der Waals surface area contributed by atoms with Crippen molar-refractivity contribution in [3.05, 3.63) is 24.3 Å². The van der Waals surface area contributed by atoms with Crippen LogP contribution in [0.15, 0.2) is 29.3 Å². The lowest BCUT2D eigenvalue weighted by atomic mass is 9.84. The molecule has 0 fully saturated rings. The third-order valence-corrected chi connectivity index (χ3v) is 3.50. The molecule has 0 aliphatic carbocycles. The summed E-state index contributed by atoms with van der Waals surface area (Å²) in [7, 11) is 1.68. The van der Waals surface area contributed by atoms with Crippen molar-refractivity contribution in [2.45, 2.75) is 33.2 Å². The third-order valence-electron chi connectivity index (χ3n) is 3.50. The molecule has 110 valence electrons. The first kappa shape index (κ1) is 14.7. The zero-order valence-corrected chi connectivity index (χ0v) is 12.8. The van der Waals surface area contributed by atoms with E-state index >= 15 is 0 Å². The molecule has 0 saturated heterocycles. The van der Waals surface area contributed by atoms with Gasteiger partial charge in [0.05, 0.1) is 13.7 Å². The summed E-state index contributed by atoms with van der Waals surface area (Å²) in [5, 5.41) is 3.58. The smallest absolute Gasteiger partial charge is 0.185 e. The van der Waals surface area contributed by atoms with Crippen molar-refractivity contribution in [2.24, 2.45) is 10.4 Å². The zero-order chi connectivity index (χ0) is 14.6. The SMILES string of the molecule is COc1ccc(NC(CC2=NCCO2)C(C)(C)C)cc1. The van der Waals surface area contributed by atoms with E-state index in [9.17, 15) is 0 Å². The molecular formula is C16H24N2O2. The summed E-state index contributed by atoms with van der Waals surface area (Å²) >= 11 is 0. The van der Waals surface area contributed by atoms with Gasteiger partial charge in [-0.15, -0.1) is 0 Å². The molecule has 4 heteroatoms. The monoisotopic (exact) mass is 276 g/mol. The molecule has 0 radical (unpaired) electrons. The van der Waals surface area contributed by atoms with E-state index < -0.39 is 0 Å². The first-order valence-electron chi connectivity index (χ1n) is 7.06. The summed E-state index contributed by atoms with van der Waals surface area (Å²) in [5.41, 5.74) is 1.21. The molecule has 0 saturated carbocycles. The van der Waals surface area contributed by atoms with E-state index in [-0.39, 0.29) is 11.5 Å². The van der Waals surface area contributed by atoms with Crippen molar-refractivity contribution in [1.82, 2.24) is 0 Å². The van der Waals surface area contributed by atoms with Crippen molar-refractivity contribution in [1.29, 1.82) is 0 Å². The Bertz CT molecular complexity index is 460. The van der Waals surface area contributed by atoms with E-state index in [0.717, 1.165) is 30.3 Å². The first-order chi connectivity index (χ1) is 9.49. The van der Waals surface area contributed by atoms with Gasteiger partial charge in [-0.2, -0.15) is 0 Å². The highest BCUT2D eigenvalue weighted by Gasteiger charge is 2.27. The Hall–Kier alpha value is -1.71. The number of anilines is 1. The normalized spacial score (nSPS) is 16.3.